The first kappa shape index (κ1) is 19.1. The Labute approximate surface area is 136 Å². The summed E-state index contributed by atoms with van der Waals surface area (Å²) in [5.74, 6) is 0. The maximum absolute atomic E-state index is 12.7. The molecule has 5 heteroatoms. The molecule has 1 rings (SSSR count). The lowest BCUT2D eigenvalue weighted by Gasteiger charge is -2.23. The molecule has 0 amide bonds. The summed E-state index contributed by atoms with van der Waals surface area (Å²) in [5, 5.41) is 0. The highest BCUT2D eigenvalue weighted by Crippen LogP contribution is 2.25. The van der Waals surface area contributed by atoms with E-state index in [1.54, 1.807) is 0 Å². The van der Waals surface area contributed by atoms with Crippen molar-refractivity contribution in [3.05, 3.63) is 28.3 Å². The van der Waals surface area contributed by atoms with Crippen molar-refractivity contribution in [2.45, 2.75) is 58.9 Å². The van der Waals surface area contributed by atoms with Gasteiger partial charge in [0.25, 0.3) is 0 Å². The minimum atomic E-state index is -3.47. The Hall–Kier alpha value is -0.910. The third kappa shape index (κ3) is 4.31. The van der Waals surface area contributed by atoms with Crippen LogP contribution in [0.4, 0.5) is 0 Å². The quantitative estimate of drug-likeness (QED) is 0.838. The topological polar surface area (TPSA) is 49.4 Å². The zero-order valence-corrected chi connectivity index (χ0v) is 15.8. The summed E-state index contributed by atoms with van der Waals surface area (Å²) in [7, 11) is -1.45. The lowest BCUT2D eigenvalue weighted by Crippen LogP contribution is -2.37. The van der Waals surface area contributed by atoms with Crippen molar-refractivity contribution in [3.63, 3.8) is 0 Å². The number of hydrogen-bond acceptors (Lipinski definition) is 3. The smallest absolute Gasteiger partial charge is 0.241 e. The van der Waals surface area contributed by atoms with E-state index in [2.05, 4.69) is 23.5 Å². The van der Waals surface area contributed by atoms with Gasteiger partial charge in [-0.2, -0.15) is 0 Å². The number of likely N-dealkylation sites (N-methyl/N-ethyl adjacent to an activating group) is 1. The third-order valence-corrected chi connectivity index (χ3v) is 6.40. The van der Waals surface area contributed by atoms with Crippen molar-refractivity contribution in [2.75, 3.05) is 20.1 Å². The van der Waals surface area contributed by atoms with Crippen molar-refractivity contribution in [1.29, 1.82) is 0 Å². The van der Waals surface area contributed by atoms with E-state index in [-0.39, 0.29) is 0 Å². The van der Waals surface area contributed by atoms with E-state index >= 15 is 0 Å². The normalized spacial score (nSPS) is 13.6. The fourth-order valence-electron chi connectivity index (χ4n) is 2.54. The summed E-state index contributed by atoms with van der Waals surface area (Å²) in [4.78, 5) is 2.61. The minimum Gasteiger partial charge on any atom is -0.302 e. The van der Waals surface area contributed by atoms with Crippen molar-refractivity contribution < 1.29 is 8.42 Å². The molecule has 0 aliphatic rings. The summed E-state index contributed by atoms with van der Waals surface area (Å²) in [6.45, 7) is 13.1. The van der Waals surface area contributed by atoms with Crippen LogP contribution >= 0.6 is 0 Å². The zero-order valence-electron chi connectivity index (χ0n) is 14.9. The molecule has 0 aliphatic carbocycles. The van der Waals surface area contributed by atoms with Crippen LogP contribution in [0.25, 0.3) is 0 Å². The lowest BCUT2D eigenvalue weighted by molar-refractivity contribution is 0.256. The summed E-state index contributed by atoms with van der Waals surface area (Å²) >= 11 is 0. The Morgan fingerprint density at radius 1 is 1.14 bits per heavy atom. The van der Waals surface area contributed by atoms with E-state index in [1.807, 2.05) is 40.8 Å². The molecule has 1 aromatic rings. The van der Waals surface area contributed by atoms with Crippen molar-refractivity contribution in [1.82, 2.24) is 9.62 Å². The Balaban J connectivity index is 2.93. The molecule has 0 radical (unpaired) electrons. The highest BCUT2D eigenvalue weighted by Gasteiger charge is 2.21. The number of nitrogens with zero attached hydrogens (tertiary/aromatic N) is 1. The monoisotopic (exact) mass is 326 g/mol. The summed E-state index contributed by atoms with van der Waals surface area (Å²) in [6, 6.07) is 2.50. The number of sulfonamides is 1. The third-order valence-electron chi connectivity index (χ3n) is 4.67. The van der Waals surface area contributed by atoms with Crippen LogP contribution in [0.15, 0.2) is 11.0 Å². The molecule has 1 atom stereocenters. The molecule has 1 unspecified atom stereocenters. The number of aryl methyl sites for hydroxylation is 2. The Bertz CT molecular complexity index is 598. The molecule has 0 saturated heterocycles. The summed E-state index contributed by atoms with van der Waals surface area (Å²) in [6.07, 6.45) is 1.05. The van der Waals surface area contributed by atoms with Gasteiger partial charge in [-0.1, -0.05) is 13.0 Å². The number of nitrogens with one attached hydrogen (secondary N) is 1. The van der Waals surface area contributed by atoms with Crippen LogP contribution in [0.3, 0.4) is 0 Å². The van der Waals surface area contributed by atoms with E-state index in [4.69, 9.17) is 0 Å². The molecule has 1 aromatic carbocycles. The van der Waals surface area contributed by atoms with Gasteiger partial charge < -0.3 is 4.90 Å². The van der Waals surface area contributed by atoms with Gasteiger partial charge in [-0.15, -0.1) is 0 Å². The zero-order chi connectivity index (χ0) is 17.1. The van der Waals surface area contributed by atoms with Crippen LogP contribution in [0.1, 0.15) is 42.5 Å². The van der Waals surface area contributed by atoms with Crippen LogP contribution in [-0.2, 0) is 10.0 Å². The predicted octanol–water partition coefficient (Wildman–Crippen LogP) is 2.93. The molecule has 0 aromatic heterocycles. The molecule has 126 valence electrons. The van der Waals surface area contributed by atoms with Crippen LogP contribution < -0.4 is 4.72 Å². The maximum Gasteiger partial charge on any atom is 0.241 e. The number of rotatable bonds is 7. The second kappa shape index (κ2) is 7.57. The fourth-order valence-corrected chi connectivity index (χ4v) is 4.18. The van der Waals surface area contributed by atoms with E-state index in [0.717, 1.165) is 28.7 Å². The minimum absolute atomic E-state index is 0.426. The molecule has 0 aliphatic heterocycles. The number of benzene rings is 1. The van der Waals surface area contributed by atoms with Gasteiger partial charge in [0, 0.05) is 19.1 Å². The van der Waals surface area contributed by atoms with Crippen molar-refractivity contribution >= 4 is 10.0 Å². The average molecular weight is 327 g/mol. The van der Waals surface area contributed by atoms with Gasteiger partial charge in [-0.05, 0) is 70.3 Å². The van der Waals surface area contributed by atoms with Gasteiger partial charge in [0.05, 0.1) is 4.90 Å². The van der Waals surface area contributed by atoms with E-state index in [1.165, 1.54) is 0 Å². The molecule has 22 heavy (non-hydrogen) atoms. The highest BCUT2D eigenvalue weighted by molar-refractivity contribution is 7.89. The Morgan fingerprint density at radius 2 is 1.64 bits per heavy atom. The van der Waals surface area contributed by atoms with Gasteiger partial charge in [-0.25, -0.2) is 13.1 Å². The molecule has 0 spiro atoms. The highest BCUT2D eigenvalue weighted by atomic mass is 32.2. The molecule has 0 heterocycles. The van der Waals surface area contributed by atoms with Crippen LogP contribution in [-0.4, -0.2) is 39.5 Å². The van der Waals surface area contributed by atoms with Crippen molar-refractivity contribution in [2.24, 2.45) is 0 Å². The molecule has 0 fully saturated rings. The molecular formula is C17H30N2O2S. The first-order valence-corrected chi connectivity index (χ1v) is 9.37. The van der Waals surface area contributed by atoms with Gasteiger partial charge in [0.2, 0.25) is 10.0 Å². The Kier molecular flexibility index (Phi) is 6.59. The predicted molar refractivity (Wildman–Crippen MR) is 93.0 cm³/mol. The van der Waals surface area contributed by atoms with Gasteiger partial charge in [0.15, 0.2) is 0 Å². The molecular weight excluding hydrogens is 296 g/mol. The van der Waals surface area contributed by atoms with Gasteiger partial charge in [0.1, 0.15) is 0 Å². The largest absolute Gasteiger partial charge is 0.302 e. The maximum atomic E-state index is 12.7. The summed E-state index contributed by atoms with van der Waals surface area (Å²) < 4.78 is 28.1. The second-order valence-corrected chi connectivity index (χ2v) is 7.93. The molecule has 1 N–H and O–H groups in total. The van der Waals surface area contributed by atoms with Crippen molar-refractivity contribution in [3.8, 4) is 0 Å². The summed E-state index contributed by atoms with van der Waals surface area (Å²) in [5.41, 5.74) is 3.71. The average Bonchev–Trinajstić information content (AvgIpc) is 2.43. The SMILES string of the molecule is CCC(C)N(C)CCNS(=O)(=O)c1c(C)c(C)cc(C)c1C. The number of hydrogen-bond donors (Lipinski definition) is 1. The first-order chi connectivity index (χ1) is 10.1. The molecule has 0 saturated carbocycles. The van der Waals surface area contributed by atoms with Crippen LogP contribution in [0.2, 0.25) is 0 Å². The van der Waals surface area contributed by atoms with Gasteiger partial charge >= 0.3 is 0 Å². The first-order valence-electron chi connectivity index (χ1n) is 7.89. The Morgan fingerprint density at radius 3 is 2.09 bits per heavy atom. The van der Waals surface area contributed by atoms with E-state index in [0.29, 0.717) is 24.0 Å². The van der Waals surface area contributed by atoms with Crippen LogP contribution in [0.5, 0.6) is 0 Å². The molecule has 0 bridgehead atoms. The molecule has 4 nitrogen and oxygen atoms in total. The van der Waals surface area contributed by atoms with Crippen LogP contribution in [0, 0.1) is 27.7 Å². The van der Waals surface area contributed by atoms with E-state index < -0.39 is 10.0 Å². The fraction of sp³-hybridized carbons (Fsp3) is 0.647. The van der Waals surface area contributed by atoms with Gasteiger partial charge in [-0.3, -0.25) is 0 Å². The standard InChI is InChI=1S/C17H30N2O2S/c1-8-14(4)19(7)10-9-18-22(20,21)17-15(5)12(2)11-13(3)16(17)6/h11,14,18H,8-10H2,1-7H3. The second-order valence-electron chi connectivity index (χ2n) is 6.23. The van der Waals surface area contributed by atoms with E-state index in [9.17, 15) is 8.42 Å². The lowest BCUT2D eigenvalue weighted by atomic mass is 10.0.